The van der Waals surface area contributed by atoms with Gasteiger partial charge >= 0.3 is 0 Å². The average Bonchev–Trinajstić information content (AvgIpc) is 2.70. The molecule has 0 unspecified atom stereocenters. The molecule has 0 radical (unpaired) electrons. The number of aromatic nitrogens is 4. The maximum Gasteiger partial charge on any atom is 0.251 e. The number of hydrogen-bond donors (Lipinski definition) is 0. The Morgan fingerprint density at radius 3 is 2.69 bits per heavy atom. The molecule has 2 aromatic rings. The Hall–Kier alpha value is -2.24. The Kier molecular flexibility index (Phi) is 2.63. The van der Waals surface area contributed by atoms with Crippen LogP contribution in [0.3, 0.4) is 0 Å². The van der Waals surface area contributed by atoms with Crippen LogP contribution in [0, 0.1) is 0 Å². The molecular weight excluding hydrogens is 208 g/mol. The number of ether oxygens (including phenoxy) is 1. The summed E-state index contributed by atoms with van der Waals surface area (Å²) >= 11 is 0. The first kappa shape index (κ1) is 10.3. The minimum Gasteiger partial charge on any atom is -0.493 e. The Bertz CT molecular complexity index is 507. The Morgan fingerprint density at radius 1 is 1.38 bits per heavy atom. The highest BCUT2D eigenvalue weighted by atomic mass is 16.5. The van der Waals surface area contributed by atoms with E-state index in [9.17, 15) is 4.79 Å². The molecule has 0 atom stereocenters. The molecule has 2 heterocycles. The molecule has 16 heavy (non-hydrogen) atoms. The van der Waals surface area contributed by atoms with Gasteiger partial charge in [-0.2, -0.15) is 5.10 Å². The van der Waals surface area contributed by atoms with Crippen molar-refractivity contribution in [1.82, 2.24) is 19.7 Å². The van der Waals surface area contributed by atoms with Crippen molar-refractivity contribution in [2.45, 2.75) is 0 Å². The summed E-state index contributed by atoms with van der Waals surface area (Å²) in [4.78, 5) is 19.8. The van der Waals surface area contributed by atoms with Crippen LogP contribution in [-0.4, -0.2) is 32.6 Å². The summed E-state index contributed by atoms with van der Waals surface area (Å²) < 4.78 is 6.49. The van der Waals surface area contributed by atoms with E-state index in [-0.39, 0.29) is 11.6 Å². The number of nitrogens with zero attached hydrogens (tertiary/aromatic N) is 4. The zero-order valence-electron chi connectivity index (χ0n) is 8.91. The van der Waals surface area contributed by atoms with Gasteiger partial charge in [0.05, 0.1) is 13.3 Å². The fourth-order valence-corrected chi connectivity index (χ4v) is 1.35. The molecule has 0 fully saturated rings. The third-order valence-electron chi connectivity index (χ3n) is 2.11. The van der Waals surface area contributed by atoms with Crippen molar-refractivity contribution < 1.29 is 9.53 Å². The van der Waals surface area contributed by atoms with Crippen LogP contribution in [0.25, 0.3) is 0 Å². The van der Waals surface area contributed by atoms with Gasteiger partial charge < -0.3 is 4.74 Å². The summed E-state index contributed by atoms with van der Waals surface area (Å²) in [6.45, 7) is 0. The molecule has 0 bridgehead atoms. The normalized spacial score (nSPS) is 10.1. The summed E-state index contributed by atoms with van der Waals surface area (Å²) in [6.07, 6.45) is 4.52. The Labute approximate surface area is 91.9 Å². The van der Waals surface area contributed by atoms with Crippen LogP contribution < -0.4 is 4.74 Å². The Morgan fingerprint density at radius 2 is 2.06 bits per heavy atom. The van der Waals surface area contributed by atoms with Crippen LogP contribution in [0.1, 0.15) is 16.3 Å². The average molecular weight is 218 g/mol. The third kappa shape index (κ3) is 1.65. The van der Waals surface area contributed by atoms with E-state index in [1.807, 2.05) is 0 Å². The summed E-state index contributed by atoms with van der Waals surface area (Å²) in [6, 6.07) is 1.65. The highest BCUT2D eigenvalue weighted by Gasteiger charge is 2.21. The van der Waals surface area contributed by atoms with E-state index in [0.717, 1.165) is 0 Å². The number of methoxy groups -OCH3 is 1. The fraction of sp³-hybridized carbons (Fsp3) is 0.200. The van der Waals surface area contributed by atoms with E-state index in [1.165, 1.54) is 30.4 Å². The molecule has 2 rings (SSSR count). The van der Waals surface area contributed by atoms with Crippen molar-refractivity contribution in [1.29, 1.82) is 0 Å². The lowest BCUT2D eigenvalue weighted by Gasteiger charge is -2.02. The molecule has 0 aliphatic heterocycles. The molecule has 2 aromatic heterocycles. The van der Waals surface area contributed by atoms with E-state index in [0.29, 0.717) is 11.4 Å². The van der Waals surface area contributed by atoms with E-state index >= 15 is 0 Å². The minimum atomic E-state index is -0.308. The first-order valence-corrected chi connectivity index (χ1v) is 4.61. The number of aryl methyl sites for hydroxylation is 1. The number of rotatable bonds is 3. The van der Waals surface area contributed by atoms with Crippen LogP contribution in [-0.2, 0) is 7.05 Å². The van der Waals surface area contributed by atoms with Crippen LogP contribution >= 0.6 is 0 Å². The second-order valence-corrected chi connectivity index (χ2v) is 3.09. The molecule has 6 heteroatoms. The van der Waals surface area contributed by atoms with Crippen molar-refractivity contribution in [2.24, 2.45) is 7.05 Å². The van der Waals surface area contributed by atoms with Gasteiger partial charge in [-0.15, -0.1) is 0 Å². The van der Waals surface area contributed by atoms with Crippen LogP contribution in [0.15, 0.2) is 24.7 Å². The highest BCUT2D eigenvalue weighted by Crippen LogP contribution is 2.18. The molecule has 0 aliphatic carbocycles. The molecule has 0 saturated heterocycles. The van der Waals surface area contributed by atoms with Gasteiger partial charge in [-0.1, -0.05) is 0 Å². The lowest BCUT2D eigenvalue weighted by Crippen LogP contribution is -2.12. The van der Waals surface area contributed by atoms with Gasteiger partial charge in [0.2, 0.25) is 5.82 Å². The standard InChI is InChI=1S/C10H10N4O2/c1-14-8(7(16-2)6-13-14)9(15)10-11-4-3-5-12-10/h3-6H,1-2H3. The van der Waals surface area contributed by atoms with E-state index in [4.69, 9.17) is 4.74 Å². The molecule has 0 aromatic carbocycles. The van der Waals surface area contributed by atoms with Crippen LogP contribution in [0.4, 0.5) is 0 Å². The lowest BCUT2D eigenvalue weighted by atomic mass is 10.2. The van der Waals surface area contributed by atoms with Gasteiger partial charge in [0.25, 0.3) is 5.78 Å². The van der Waals surface area contributed by atoms with Crippen molar-refractivity contribution >= 4 is 5.78 Å². The van der Waals surface area contributed by atoms with Gasteiger partial charge in [0.1, 0.15) is 0 Å². The maximum atomic E-state index is 12.0. The van der Waals surface area contributed by atoms with Gasteiger partial charge in [-0.3, -0.25) is 9.48 Å². The highest BCUT2D eigenvalue weighted by molar-refractivity contribution is 6.07. The van der Waals surface area contributed by atoms with Gasteiger partial charge in [0.15, 0.2) is 11.4 Å². The zero-order valence-corrected chi connectivity index (χ0v) is 8.91. The molecular formula is C10H10N4O2. The quantitative estimate of drug-likeness (QED) is 0.699. The van der Waals surface area contributed by atoms with Crippen LogP contribution in [0.5, 0.6) is 5.75 Å². The van der Waals surface area contributed by atoms with Crippen molar-refractivity contribution in [3.8, 4) is 5.75 Å². The first-order chi connectivity index (χ1) is 7.74. The molecule has 0 saturated carbocycles. The molecule has 0 amide bonds. The molecule has 0 aliphatic rings. The summed E-state index contributed by atoms with van der Waals surface area (Å²) in [5.74, 6) is 0.238. The van der Waals surface area contributed by atoms with Crippen LogP contribution in [0.2, 0.25) is 0 Å². The monoisotopic (exact) mass is 218 g/mol. The topological polar surface area (TPSA) is 69.9 Å². The van der Waals surface area contributed by atoms with Gasteiger partial charge in [0, 0.05) is 19.4 Å². The van der Waals surface area contributed by atoms with Gasteiger partial charge in [-0.05, 0) is 6.07 Å². The van der Waals surface area contributed by atoms with E-state index in [1.54, 1.807) is 13.1 Å². The van der Waals surface area contributed by atoms with E-state index in [2.05, 4.69) is 15.1 Å². The first-order valence-electron chi connectivity index (χ1n) is 4.61. The van der Waals surface area contributed by atoms with Gasteiger partial charge in [-0.25, -0.2) is 9.97 Å². The maximum absolute atomic E-state index is 12.0. The fourth-order valence-electron chi connectivity index (χ4n) is 1.35. The molecule has 82 valence electrons. The summed E-state index contributed by atoms with van der Waals surface area (Å²) in [5.41, 5.74) is 0.341. The zero-order chi connectivity index (χ0) is 11.5. The summed E-state index contributed by atoms with van der Waals surface area (Å²) in [5, 5.41) is 3.95. The Balaban J connectivity index is 2.45. The van der Waals surface area contributed by atoms with E-state index < -0.39 is 0 Å². The number of hydrogen-bond acceptors (Lipinski definition) is 5. The largest absolute Gasteiger partial charge is 0.493 e. The van der Waals surface area contributed by atoms with Crippen molar-refractivity contribution in [3.05, 3.63) is 36.2 Å². The number of ketones is 1. The molecule has 0 spiro atoms. The predicted molar refractivity (Wildman–Crippen MR) is 55.2 cm³/mol. The molecule has 6 nitrogen and oxygen atoms in total. The van der Waals surface area contributed by atoms with Crippen molar-refractivity contribution in [3.63, 3.8) is 0 Å². The van der Waals surface area contributed by atoms with Crippen molar-refractivity contribution in [2.75, 3.05) is 7.11 Å². The smallest absolute Gasteiger partial charge is 0.251 e. The summed E-state index contributed by atoms with van der Waals surface area (Å²) in [7, 11) is 3.15. The number of carbonyl (C=O) groups is 1. The SMILES string of the molecule is COc1cnn(C)c1C(=O)c1ncccn1. The predicted octanol–water partition coefficient (Wildman–Crippen LogP) is 0.450. The second kappa shape index (κ2) is 4.09. The minimum absolute atomic E-state index is 0.129. The number of carbonyl (C=O) groups excluding carboxylic acids is 1. The third-order valence-corrected chi connectivity index (χ3v) is 2.11. The molecule has 0 N–H and O–H groups in total. The second-order valence-electron chi connectivity index (χ2n) is 3.09. The lowest BCUT2D eigenvalue weighted by molar-refractivity contribution is 0.101.